The van der Waals surface area contributed by atoms with E-state index in [1.165, 1.54) is 6.07 Å². The van der Waals surface area contributed by atoms with Gasteiger partial charge in [-0.3, -0.25) is 14.5 Å². The number of rotatable bonds is 6. The minimum absolute atomic E-state index is 0. The number of nitrogens with zero attached hydrogens (tertiary/aromatic N) is 1. The molecule has 2 aromatic carbocycles. The number of amides is 2. The molecule has 168 valence electrons. The zero-order valence-corrected chi connectivity index (χ0v) is 18.0. The zero-order chi connectivity index (χ0) is 21.7. The maximum atomic E-state index is 12.8. The fourth-order valence-corrected chi connectivity index (χ4v) is 3.45. The van der Waals surface area contributed by atoms with Gasteiger partial charge < -0.3 is 10.6 Å². The highest BCUT2D eigenvalue weighted by molar-refractivity contribution is 6.30. The van der Waals surface area contributed by atoms with Gasteiger partial charge in [0.1, 0.15) is 0 Å². The van der Waals surface area contributed by atoms with E-state index in [0.717, 1.165) is 43.3 Å². The fourth-order valence-electron chi connectivity index (χ4n) is 3.32. The van der Waals surface area contributed by atoms with E-state index < -0.39 is 17.6 Å². The van der Waals surface area contributed by atoms with Crippen molar-refractivity contribution in [3.63, 3.8) is 0 Å². The summed E-state index contributed by atoms with van der Waals surface area (Å²) in [7, 11) is 0. The van der Waals surface area contributed by atoms with Crippen LogP contribution in [0.15, 0.2) is 48.5 Å². The lowest BCUT2D eigenvalue weighted by atomic mass is 10.1. The summed E-state index contributed by atoms with van der Waals surface area (Å²) < 4.78 is 38.3. The van der Waals surface area contributed by atoms with Crippen molar-refractivity contribution in [2.45, 2.75) is 25.2 Å². The van der Waals surface area contributed by atoms with Crippen LogP contribution >= 0.6 is 24.0 Å². The molecule has 1 fully saturated rings. The van der Waals surface area contributed by atoms with E-state index in [-0.39, 0.29) is 36.5 Å². The van der Waals surface area contributed by atoms with Gasteiger partial charge >= 0.3 is 6.18 Å². The van der Waals surface area contributed by atoms with Gasteiger partial charge in [-0.05, 0) is 42.3 Å². The average Bonchev–Trinajstić information content (AvgIpc) is 3.14. The zero-order valence-electron chi connectivity index (χ0n) is 16.4. The van der Waals surface area contributed by atoms with Crippen molar-refractivity contribution >= 4 is 35.8 Å². The van der Waals surface area contributed by atoms with Gasteiger partial charge in [-0.1, -0.05) is 29.8 Å². The van der Waals surface area contributed by atoms with Crippen molar-refractivity contribution in [1.82, 2.24) is 15.5 Å². The molecule has 0 aromatic heterocycles. The number of carbonyl (C=O) groups is 2. The predicted octanol–water partition coefficient (Wildman–Crippen LogP) is 3.90. The van der Waals surface area contributed by atoms with Crippen LogP contribution in [0.3, 0.4) is 0 Å². The van der Waals surface area contributed by atoms with Crippen LogP contribution in [0, 0.1) is 0 Å². The van der Waals surface area contributed by atoms with Gasteiger partial charge in [-0.15, -0.1) is 12.4 Å². The van der Waals surface area contributed by atoms with E-state index in [2.05, 4.69) is 15.5 Å². The third-order valence-electron chi connectivity index (χ3n) is 4.82. The van der Waals surface area contributed by atoms with Crippen LogP contribution in [0.5, 0.6) is 0 Å². The first-order chi connectivity index (χ1) is 14.2. The second-order valence-corrected chi connectivity index (χ2v) is 7.61. The number of likely N-dealkylation sites (tertiary alicyclic amines) is 1. The number of nitrogens with one attached hydrogen (secondary N) is 2. The van der Waals surface area contributed by atoms with E-state index in [9.17, 15) is 22.8 Å². The molecule has 0 bridgehead atoms. The Morgan fingerprint density at radius 2 is 1.84 bits per heavy atom. The lowest BCUT2D eigenvalue weighted by molar-refractivity contribution is -0.137. The van der Waals surface area contributed by atoms with E-state index in [4.69, 9.17) is 11.6 Å². The quantitative estimate of drug-likeness (QED) is 0.665. The molecule has 0 unspecified atom stereocenters. The maximum Gasteiger partial charge on any atom is 0.416 e. The molecule has 0 saturated carbocycles. The molecular formula is C21H22Cl2F3N3O2. The number of carbonyl (C=O) groups excluding carboxylic acids is 2. The number of benzene rings is 2. The molecule has 1 aliphatic rings. The van der Waals surface area contributed by atoms with E-state index in [1.807, 2.05) is 24.3 Å². The third kappa shape index (κ3) is 7.41. The summed E-state index contributed by atoms with van der Waals surface area (Å²) >= 11 is 5.89. The molecule has 5 nitrogen and oxygen atoms in total. The monoisotopic (exact) mass is 475 g/mol. The number of halogens is 5. The van der Waals surface area contributed by atoms with Crippen molar-refractivity contribution in [2.75, 3.05) is 19.6 Å². The molecule has 0 radical (unpaired) electrons. The molecule has 1 heterocycles. The van der Waals surface area contributed by atoms with Gasteiger partial charge in [-0.2, -0.15) is 13.2 Å². The van der Waals surface area contributed by atoms with Crippen LogP contribution in [0.2, 0.25) is 5.02 Å². The maximum absolute atomic E-state index is 12.8. The molecule has 0 aliphatic carbocycles. The van der Waals surface area contributed by atoms with Crippen molar-refractivity contribution in [1.29, 1.82) is 0 Å². The summed E-state index contributed by atoms with van der Waals surface area (Å²) in [6.07, 6.45) is -3.76. The molecule has 0 spiro atoms. The van der Waals surface area contributed by atoms with E-state index in [1.54, 1.807) is 0 Å². The molecule has 2 aromatic rings. The van der Waals surface area contributed by atoms with Crippen LogP contribution in [-0.2, 0) is 17.5 Å². The van der Waals surface area contributed by atoms with Gasteiger partial charge in [0.25, 0.3) is 5.91 Å². The van der Waals surface area contributed by atoms with Crippen LogP contribution in [0.25, 0.3) is 0 Å². The molecule has 31 heavy (non-hydrogen) atoms. The largest absolute Gasteiger partial charge is 0.416 e. The van der Waals surface area contributed by atoms with Crippen molar-refractivity contribution in [3.8, 4) is 0 Å². The Labute approximate surface area is 189 Å². The predicted molar refractivity (Wildman–Crippen MR) is 114 cm³/mol. The highest BCUT2D eigenvalue weighted by Crippen LogP contribution is 2.29. The minimum atomic E-state index is -4.53. The molecule has 3 rings (SSSR count). The van der Waals surface area contributed by atoms with Gasteiger partial charge in [-0.25, -0.2) is 0 Å². The molecule has 10 heteroatoms. The third-order valence-corrected chi connectivity index (χ3v) is 5.07. The summed E-state index contributed by atoms with van der Waals surface area (Å²) in [5, 5.41) is 5.89. The summed E-state index contributed by atoms with van der Waals surface area (Å²) in [6.45, 7) is 1.94. The lowest BCUT2D eigenvalue weighted by Gasteiger charge is -2.17. The molecule has 2 amide bonds. The highest BCUT2D eigenvalue weighted by Gasteiger charge is 2.31. The first-order valence-corrected chi connectivity index (χ1v) is 9.80. The van der Waals surface area contributed by atoms with Crippen LogP contribution in [0.1, 0.15) is 27.9 Å². The van der Waals surface area contributed by atoms with Gasteiger partial charge in [0, 0.05) is 36.3 Å². The average molecular weight is 476 g/mol. The Bertz CT molecular complexity index is 907. The minimum Gasteiger partial charge on any atom is -0.350 e. The number of hydrogen-bond donors (Lipinski definition) is 2. The van der Waals surface area contributed by atoms with Crippen molar-refractivity contribution in [2.24, 2.45) is 0 Å². The fraction of sp³-hybridized carbons (Fsp3) is 0.333. The standard InChI is InChI=1S/C21H21ClF3N3O2.ClH/c22-17-6-4-14(5-7-17)12-28-9-8-18(13-28)27-19(29)11-26-20(30)15-2-1-3-16(10-15)21(23,24)25;/h1-7,10,18H,8-9,11-13H2,(H,26,30)(H,27,29);1H/t18-;/m0./s1. The smallest absolute Gasteiger partial charge is 0.350 e. The second-order valence-electron chi connectivity index (χ2n) is 7.18. The molecule has 1 atom stereocenters. The van der Waals surface area contributed by atoms with Crippen molar-refractivity contribution < 1.29 is 22.8 Å². The first kappa shape index (κ1) is 25.0. The molecule has 1 saturated heterocycles. The van der Waals surface area contributed by atoms with E-state index >= 15 is 0 Å². The van der Waals surface area contributed by atoms with Gasteiger partial charge in [0.05, 0.1) is 12.1 Å². The Morgan fingerprint density at radius 1 is 1.13 bits per heavy atom. The topological polar surface area (TPSA) is 61.4 Å². The van der Waals surface area contributed by atoms with Crippen LogP contribution in [0.4, 0.5) is 13.2 Å². The van der Waals surface area contributed by atoms with Crippen LogP contribution in [-0.4, -0.2) is 42.4 Å². The van der Waals surface area contributed by atoms with Crippen LogP contribution < -0.4 is 10.6 Å². The lowest BCUT2D eigenvalue weighted by Crippen LogP contribution is -2.43. The highest BCUT2D eigenvalue weighted by atomic mass is 35.5. The Morgan fingerprint density at radius 3 is 2.52 bits per heavy atom. The Balaban J connectivity index is 0.00000341. The summed E-state index contributed by atoms with van der Waals surface area (Å²) in [5.74, 6) is -1.11. The van der Waals surface area contributed by atoms with Gasteiger partial charge in [0.2, 0.25) is 5.91 Å². The van der Waals surface area contributed by atoms with Crippen molar-refractivity contribution in [3.05, 3.63) is 70.2 Å². The summed E-state index contributed by atoms with van der Waals surface area (Å²) in [4.78, 5) is 26.4. The first-order valence-electron chi connectivity index (χ1n) is 9.42. The molecular weight excluding hydrogens is 454 g/mol. The molecule has 2 N–H and O–H groups in total. The second kappa shape index (κ2) is 10.8. The number of alkyl halides is 3. The molecule has 1 aliphatic heterocycles. The van der Waals surface area contributed by atoms with Gasteiger partial charge in [0.15, 0.2) is 0 Å². The number of hydrogen-bond acceptors (Lipinski definition) is 3. The Hall–Kier alpha value is -2.29. The summed E-state index contributed by atoms with van der Waals surface area (Å²) in [6, 6.07) is 11.6. The Kier molecular flexibility index (Phi) is 8.73. The SMILES string of the molecule is Cl.O=C(CNC(=O)c1cccc(C(F)(F)F)c1)N[C@H]1CCN(Cc2ccc(Cl)cc2)C1. The normalized spacial score (nSPS) is 16.5. The summed E-state index contributed by atoms with van der Waals surface area (Å²) in [5.41, 5.74) is 0.0682. The van der Waals surface area contributed by atoms with E-state index in [0.29, 0.717) is 11.6 Å².